The molecule has 1 atom stereocenters. The highest BCUT2D eigenvalue weighted by atomic mass is 32.2. The number of hydrogen-bond acceptors (Lipinski definition) is 3. The maximum atomic E-state index is 13.1. The fourth-order valence-corrected chi connectivity index (χ4v) is 4.19. The van der Waals surface area contributed by atoms with Gasteiger partial charge in [0.15, 0.2) is 0 Å². The molecule has 1 aliphatic rings. The third kappa shape index (κ3) is 4.17. The second-order valence-corrected chi connectivity index (χ2v) is 7.85. The Morgan fingerprint density at radius 1 is 1.04 bits per heavy atom. The standard InChI is InChI=1S/C20H25N3OS/c1-21(2)13-14-22(3)20(24)23-15-19(16-9-5-4-6-10-16)25-18-12-8-7-11-17(18)23/h4-12,19H,13-15H2,1-3H3. The third-order valence-electron chi connectivity index (χ3n) is 4.39. The summed E-state index contributed by atoms with van der Waals surface area (Å²) in [6.07, 6.45) is 0. The maximum Gasteiger partial charge on any atom is 0.324 e. The topological polar surface area (TPSA) is 26.8 Å². The van der Waals surface area contributed by atoms with Crippen LogP contribution in [0.25, 0.3) is 0 Å². The van der Waals surface area contributed by atoms with Gasteiger partial charge < -0.3 is 9.80 Å². The molecule has 2 aromatic carbocycles. The molecule has 132 valence electrons. The summed E-state index contributed by atoms with van der Waals surface area (Å²) in [6, 6.07) is 18.7. The van der Waals surface area contributed by atoms with Gasteiger partial charge in [0.05, 0.1) is 10.9 Å². The Morgan fingerprint density at radius 2 is 1.72 bits per heavy atom. The molecule has 4 nitrogen and oxygen atoms in total. The van der Waals surface area contributed by atoms with Gasteiger partial charge in [0.1, 0.15) is 0 Å². The number of para-hydroxylation sites is 1. The molecule has 1 unspecified atom stereocenters. The Balaban J connectivity index is 1.85. The summed E-state index contributed by atoms with van der Waals surface area (Å²) in [5.41, 5.74) is 2.28. The lowest BCUT2D eigenvalue weighted by Gasteiger charge is -2.36. The predicted molar refractivity (Wildman–Crippen MR) is 105 cm³/mol. The highest BCUT2D eigenvalue weighted by Crippen LogP contribution is 2.45. The average molecular weight is 356 g/mol. The van der Waals surface area contributed by atoms with E-state index in [2.05, 4.69) is 35.2 Å². The molecular weight excluding hydrogens is 330 g/mol. The highest BCUT2D eigenvalue weighted by Gasteiger charge is 2.31. The molecule has 3 rings (SSSR count). The normalized spacial score (nSPS) is 16.6. The smallest absolute Gasteiger partial charge is 0.324 e. The summed E-state index contributed by atoms with van der Waals surface area (Å²) in [5, 5.41) is 0.252. The number of carbonyl (C=O) groups excluding carboxylic acids is 1. The van der Waals surface area contributed by atoms with E-state index in [0.717, 1.165) is 17.1 Å². The van der Waals surface area contributed by atoms with Crippen LogP contribution in [0, 0.1) is 0 Å². The summed E-state index contributed by atoms with van der Waals surface area (Å²) in [7, 11) is 5.93. The number of urea groups is 1. The van der Waals surface area contributed by atoms with Gasteiger partial charge in [-0.2, -0.15) is 0 Å². The number of carbonyl (C=O) groups is 1. The second-order valence-electron chi connectivity index (χ2n) is 6.60. The van der Waals surface area contributed by atoms with Crippen molar-refractivity contribution in [2.45, 2.75) is 10.1 Å². The molecule has 0 fully saturated rings. The molecule has 0 radical (unpaired) electrons. The summed E-state index contributed by atoms with van der Waals surface area (Å²) in [5.74, 6) is 0. The Bertz CT molecular complexity index is 720. The zero-order chi connectivity index (χ0) is 17.8. The molecule has 0 saturated carbocycles. The van der Waals surface area contributed by atoms with Crippen molar-refractivity contribution in [1.82, 2.24) is 9.80 Å². The zero-order valence-electron chi connectivity index (χ0n) is 15.1. The number of fused-ring (bicyclic) bond motifs is 1. The quantitative estimate of drug-likeness (QED) is 0.831. The van der Waals surface area contributed by atoms with Crippen molar-refractivity contribution in [3.8, 4) is 0 Å². The fourth-order valence-electron chi connectivity index (χ4n) is 2.91. The first-order chi connectivity index (χ1) is 12.1. The summed E-state index contributed by atoms with van der Waals surface area (Å²) in [4.78, 5) is 20.1. The van der Waals surface area contributed by atoms with Crippen LogP contribution in [0.4, 0.5) is 10.5 Å². The molecule has 2 aromatic rings. The molecule has 2 amide bonds. The largest absolute Gasteiger partial charge is 0.326 e. The van der Waals surface area contributed by atoms with Crippen molar-refractivity contribution in [2.24, 2.45) is 0 Å². The van der Waals surface area contributed by atoms with Gasteiger partial charge in [-0.25, -0.2) is 4.79 Å². The second kappa shape index (κ2) is 7.93. The van der Waals surface area contributed by atoms with Crippen molar-refractivity contribution in [3.05, 3.63) is 60.2 Å². The van der Waals surface area contributed by atoms with Crippen molar-refractivity contribution < 1.29 is 4.79 Å². The first-order valence-electron chi connectivity index (χ1n) is 8.54. The van der Waals surface area contributed by atoms with E-state index in [1.54, 1.807) is 0 Å². The van der Waals surface area contributed by atoms with Crippen LogP contribution < -0.4 is 4.90 Å². The van der Waals surface area contributed by atoms with Crippen molar-refractivity contribution >= 4 is 23.5 Å². The number of thioether (sulfide) groups is 1. The van der Waals surface area contributed by atoms with E-state index < -0.39 is 0 Å². The molecule has 0 spiro atoms. The Labute approximate surface area is 154 Å². The van der Waals surface area contributed by atoms with Crippen molar-refractivity contribution in [3.63, 3.8) is 0 Å². The van der Waals surface area contributed by atoms with E-state index in [4.69, 9.17) is 0 Å². The Kier molecular flexibility index (Phi) is 5.66. The lowest BCUT2D eigenvalue weighted by Crippen LogP contribution is -2.46. The minimum Gasteiger partial charge on any atom is -0.326 e. The predicted octanol–water partition coefficient (Wildman–Crippen LogP) is 3.95. The van der Waals surface area contributed by atoms with Gasteiger partial charge in [-0.05, 0) is 31.8 Å². The first-order valence-corrected chi connectivity index (χ1v) is 9.42. The minimum absolute atomic E-state index is 0.0653. The highest BCUT2D eigenvalue weighted by molar-refractivity contribution is 7.99. The monoisotopic (exact) mass is 355 g/mol. The van der Waals surface area contributed by atoms with Crippen molar-refractivity contribution in [2.75, 3.05) is 45.7 Å². The number of hydrogen-bond donors (Lipinski definition) is 0. The fraction of sp³-hybridized carbons (Fsp3) is 0.350. The van der Waals surface area contributed by atoms with E-state index in [0.29, 0.717) is 13.1 Å². The zero-order valence-corrected chi connectivity index (χ0v) is 15.9. The number of benzene rings is 2. The summed E-state index contributed by atoms with van der Waals surface area (Å²) >= 11 is 1.84. The van der Waals surface area contributed by atoms with Crippen LogP contribution in [0.15, 0.2) is 59.5 Å². The molecule has 1 heterocycles. The van der Waals surface area contributed by atoms with Crippen LogP contribution in [0.5, 0.6) is 0 Å². The van der Waals surface area contributed by atoms with Gasteiger partial charge in [0.25, 0.3) is 0 Å². The van der Waals surface area contributed by atoms with Gasteiger partial charge in [0.2, 0.25) is 0 Å². The third-order valence-corrected chi connectivity index (χ3v) is 5.69. The van der Waals surface area contributed by atoms with E-state index >= 15 is 0 Å². The van der Waals surface area contributed by atoms with Crippen LogP contribution in [0.3, 0.4) is 0 Å². The van der Waals surface area contributed by atoms with Crippen LogP contribution >= 0.6 is 11.8 Å². The molecule has 5 heteroatoms. The van der Waals surface area contributed by atoms with E-state index in [-0.39, 0.29) is 11.3 Å². The molecule has 25 heavy (non-hydrogen) atoms. The van der Waals surface area contributed by atoms with Crippen LogP contribution in [0.1, 0.15) is 10.8 Å². The summed E-state index contributed by atoms with van der Waals surface area (Å²) in [6.45, 7) is 2.26. The van der Waals surface area contributed by atoms with Crippen LogP contribution in [0.2, 0.25) is 0 Å². The lowest BCUT2D eigenvalue weighted by molar-refractivity contribution is 0.210. The number of rotatable bonds is 4. The van der Waals surface area contributed by atoms with E-state index in [1.165, 1.54) is 5.56 Å². The van der Waals surface area contributed by atoms with Crippen LogP contribution in [-0.2, 0) is 0 Å². The summed E-state index contributed by atoms with van der Waals surface area (Å²) < 4.78 is 0. The molecular formula is C20H25N3OS. The molecule has 0 aliphatic carbocycles. The lowest BCUT2D eigenvalue weighted by atomic mass is 10.1. The number of likely N-dealkylation sites (N-methyl/N-ethyl adjacent to an activating group) is 2. The van der Waals surface area contributed by atoms with Gasteiger partial charge >= 0.3 is 6.03 Å². The minimum atomic E-state index is 0.0653. The molecule has 0 bridgehead atoms. The van der Waals surface area contributed by atoms with Gasteiger partial charge in [0, 0.05) is 31.6 Å². The average Bonchev–Trinajstić information content (AvgIpc) is 2.65. The van der Waals surface area contributed by atoms with Crippen molar-refractivity contribution in [1.29, 1.82) is 0 Å². The number of amides is 2. The van der Waals surface area contributed by atoms with Gasteiger partial charge in [-0.1, -0.05) is 42.5 Å². The number of anilines is 1. The Hall–Kier alpha value is -1.98. The van der Waals surface area contributed by atoms with Gasteiger partial charge in [-0.15, -0.1) is 11.8 Å². The number of nitrogens with zero attached hydrogens (tertiary/aromatic N) is 3. The van der Waals surface area contributed by atoms with E-state index in [9.17, 15) is 4.79 Å². The molecule has 0 N–H and O–H groups in total. The SMILES string of the molecule is CN(C)CCN(C)C(=O)N1CC(c2ccccc2)Sc2ccccc21. The van der Waals surface area contributed by atoms with Gasteiger partial charge in [-0.3, -0.25) is 4.90 Å². The maximum absolute atomic E-state index is 13.1. The molecule has 0 saturated heterocycles. The van der Waals surface area contributed by atoms with Crippen LogP contribution in [-0.4, -0.2) is 56.6 Å². The Morgan fingerprint density at radius 3 is 2.44 bits per heavy atom. The van der Waals surface area contributed by atoms with E-state index in [1.807, 2.05) is 67.0 Å². The molecule has 0 aromatic heterocycles. The molecule has 1 aliphatic heterocycles. The first kappa shape index (κ1) is 17.8.